The first-order chi connectivity index (χ1) is 9.76. The van der Waals surface area contributed by atoms with Gasteiger partial charge in [-0.3, -0.25) is 4.98 Å². The van der Waals surface area contributed by atoms with Crippen molar-refractivity contribution in [2.45, 2.75) is 52.1 Å². The molecular formula is C16H25N3O2. The van der Waals surface area contributed by atoms with Gasteiger partial charge in [-0.2, -0.15) is 0 Å². The molecule has 0 bridgehead atoms. The lowest BCUT2D eigenvalue weighted by Crippen LogP contribution is -2.42. The van der Waals surface area contributed by atoms with Crippen LogP contribution in [-0.4, -0.2) is 34.7 Å². The van der Waals surface area contributed by atoms with Crippen LogP contribution in [0, 0.1) is 6.92 Å². The Morgan fingerprint density at radius 1 is 1.48 bits per heavy atom. The number of aryl methyl sites for hydroxylation is 1. The standard InChI is InChI=1S/C16H25N3O2/c1-11-8-14(18-9-13(11)17)12-6-5-7-19(10-12)15(20)21-16(2,3)4/h8-9,12H,5-7,10,17H2,1-4H3. The lowest BCUT2D eigenvalue weighted by atomic mass is 9.93. The average molecular weight is 291 g/mol. The van der Waals surface area contributed by atoms with Crippen molar-refractivity contribution < 1.29 is 9.53 Å². The Hall–Kier alpha value is -1.78. The van der Waals surface area contributed by atoms with Crippen LogP contribution in [0.5, 0.6) is 0 Å². The van der Waals surface area contributed by atoms with Crippen LogP contribution in [0.15, 0.2) is 12.3 Å². The van der Waals surface area contributed by atoms with E-state index in [1.807, 2.05) is 33.8 Å². The number of nitrogens with two attached hydrogens (primary N) is 1. The number of likely N-dealkylation sites (tertiary alicyclic amines) is 1. The molecule has 5 heteroatoms. The van der Waals surface area contributed by atoms with E-state index in [-0.39, 0.29) is 12.0 Å². The van der Waals surface area contributed by atoms with Gasteiger partial charge in [0.2, 0.25) is 0 Å². The summed E-state index contributed by atoms with van der Waals surface area (Å²) < 4.78 is 5.45. The Bertz CT molecular complexity index is 523. The number of hydrogen-bond acceptors (Lipinski definition) is 4. The van der Waals surface area contributed by atoms with Gasteiger partial charge in [-0.15, -0.1) is 0 Å². The van der Waals surface area contributed by atoms with Gasteiger partial charge in [-0.1, -0.05) is 0 Å². The number of anilines is 1. The predicted octanol–water partition coefficient (Wildman–Crippen LogP) is 3.09. The van der Waals surface area contributed by atoms with Gasteiger partial charge in [-0.25, -0.2) is 4.79 Å². The SMILES string of the molecule is Cc1cc(C2CCCN(C(=O)OC(C)(C)C)C2)ncc1N. The summed E-state index contributed by atoms with van der Waals surface area (Å²) in [7, 11) is 0. The minimum absolute atomic E-state index is 0.237. The Kier molecular flexibility index (Phi) is 4.40. The topological polar surface area (TPSA) is 68.5 Å². The van der Waals surface area contributed by atoms with Crippen molar-refractivity contribution in [2.24, 2.45) is 0 Å². The molecule has 0 aliphatic carbocycles. The van der Waals surface area contributed by atoms with Crippen LogP contribution < -0.4 is 5.73 Å². The lowest BCUT2D eigenvalue weighted by molar-refractivity contribution is 0.0197. The number of hydrogen-bond donors (Lipinski definition) is 1. The Labute approximate surface area is 126 Å². The highest BCUT2D eigenvalue weighted by molar-refractivity contribution is 5.68. The smallest absolute Gasteiger partial charge is 0.410 e. The molecule has 1 amide bonds. The van der Waals surface area contributed by atoms with Crippen LogP contribution in [0.25, 0.3) is 0 Å². The molecule has 1 saturated heterocycles. The van der Waals surface area contributed by atoms with Gasteiger partial charge in [0, 0.05) is 24.7 Å². The van der Waals surface area contributed by atoms with E-state index in [9.17, 15) is 4.79 Å². The third-order valence-corrected chi connectivity index (χ3v) is 3.66. The molecule has 2 rings (SSSR count). The third kappa shape index (κ3) is 4.09. The molecule has 0 saturated carbocycles. The Morgan fingerprint density at radius 2 is 2.19 bits per heavy atom. The van der Waals surface area contributed by atoms with Crippen molar-refractivity contribution in [3.05, 3.63) is 23.5 Å². The summed E-state index contributed by atoms with van der Waals surface area (Å²) in [5, 5.41) is 0. The molecule has 5 nitrogen and oxygen atoms in total. The second kappa shape index (κ2) is 5.92. The maximum absolute atomic E-state index is 12.2. The van der Waals surface area contributed by atoms with Crippen LogP contribution in [0.4, 0.5) is 10.5 Å². The van der Waals surface area contributed by atoms with Gasteiger partial charge < -0.3 is 15.4 Å². The highest BCUT2D eigenvalue weighted by Gasteiger charge is 2.28. The van der Waals surface area contributed by atoms with E-state index in [0.717, 1.165) is 30.6 Å². The molecule has 0 aromatic carbocycles. The van der Waals surface area contributed by atoms with Gasteiger partial charge >= 0.3 is 6.09 Å². The number of amides is 1. The van der Waals surface area contributed by atoms with Crippen molar-refractivity contribution >= 4 is 11.8 Å². The molecule has 1 aromatic rings. The van der Waals surface area contributed by atoms with Gasteiger partial charge in [0.25, 0.3) is 0 Å². The van der Waals surface area contributed by atoms with E-state index in [1.165, 1.54) is 0 Å². The number of nitrogens with zero attached hydrogens (tertiary/aromatic N) is 2. The number of piperidine rings is 1. The van der Waals surface area contributed by atoms with E-state index < -0.39 is 5.60 Å². The van der Waals surface area contributed by atoms with Crippen molar-refractivity contribution in [3.63, 3.8) is 0 Å². The summed E-state index contributed by atoms with van der Waals surface area (Å²) >= 11 is 0. The maximum atomic E-state index is 12.2. The normalized spacial score (nSPS) is 19.4. The lowest BCUT2D eigenvalue weighted by Gasteiger charge is -2.34. The number of nitrogen functional groups attached to an aromatic ring is 1. The number of carbonyl (C=O) groups excluding carboxylic acids is 1. The summed E-state index contributed by atoms with van der Waals surface area (Å²) in [6.07, 6.45) is 3.47. The van der Waals surface area contributed by atoms with Gasteiger partial charge in [0.05, 0.1) is 11.9 Å². The minimum Gasteiger partial charge on any atom is -0.444 e. The molecule has 2 N–H and O–H groups in total. The number of rotatable bonds is 1. The fourth-order valence-corrected chi connectivity index (χ4v) is 2.52. The zero-order valence-electron chi connectivity index (χ0n) is 13.3. The number of carbonyl (C=O) groups is 1. The number of ether oxygens (including phenoxy) is 1. The monoisotopic (exact) mass is 291 g/mol. The second-order valence-corrected chi connectivity index (χ2v) is 6.73. The van der Waals surface area contributed by atoms with Crippen molar-refractivity contribution in [1.82, 2.24) is 9.88 Å². The fourth-order valence-electron chi connectivity index (χ4n) is 2.52. The van der Waals surface area contributed by atoms with E-state index in [2.05, 4.69) is 4.98 Å². The Morgan fingerprint density at radius 3 is 2.81 bits per heavy atom. The first kappa shape index (κ1) is 15.6. The van der Waals surface area contributed by atoms with E-state index in [4.69, 9.17) is 10.5 Å². The highest BCUT2D eigenvalue weighted by Crippen LogP contribution is 2.28. The minimum atomic E-state index is -0.458. The number of pyridine rings is 1. The van der Waals surface area contributed by atoms with E-state index in [0.29, 0.717) is 12.2 Å². The quantitative estimate of drug-likeness (QED) is 0.863. The summed E-state index contributed by atoms with van der Waals surface area (Å²) in [4.78, 5) is 18.4. The summed E-state index contributed by atoms with van der Waals surface area (Å²) in [6, 6.07) is 2.03. The van der Waals surface area contributed by atoms with Crippen molar-refractivity contribution in [2.75, 3.05) is 18.8 Å². The molecule has 1 atom stereocenters. The molecule has 1 aromatic heterocycles. The number of aromatic nitrogens is 1. The van der Waals surface area contributed by atoms with Gasteiger partial charge in [0.15, 0.2) is 0 Å². The first-order valence-corrected chi connectivity index (χ1v) is 7.46. The van der Waals surface area contributed by atoms with Crippen molar-refractivity contribution in [3.8, 4) is 0 Å². The summed E-state index contributed by atoms with van der Waals surface area (Å²) in [5.74, 6) is 0.255. The fraction of sp³-hybridized carbons (Fsp3) is 0.625. The van der Waals surface area contributed by atoms with Gasteiger partial charge in [0.1, 0.15) is 5.60 Å². The second-order valence-electron chi connectivity index (χ2n) is 6.73. The van der Waals surface area contributed by atoms with E-state index in [1.54, 1.807) is 11.1 Å². The molecule has 1 aliphatic rings. The molecule has 0 radical (unpaired) electrons. The highest BCUT2D eigenvalue weighted by atomic mass is 16.6. The van der Waals surface area contributed by atoms with E-state index >= 15 is 0 Å². The van der Waals surface area contributed by atoms with Crippen LogP contribution in [0.2, 0.25) is 0 Å². The first-order valence-electron chi connectivity index (χ1n) is 7.46. The summed E-state index contributed by atoms with van der Waals surface area (Å²) in [6.45, 7) is 9.05. The van der Waals surface area contributed by atoms with Crippen molar-refractivity contribution in [1.29, 1.82) is 0 Å². The molecular weight excluding hydrogens is 266 g/mol. The third-order valence-electron chi connectivity index (χ3n) is 3.66. The molecule has 0 spiro atoms. The van der Waals surface area contributed by atoms with Crippen LogP contribution in [0.3, 0.4) is 0 Å². The van der Waals surface area contributed by atoms with Gasteiger partial charge in [-0.05, 0) is 52.2 Å². The molecule has 116 valence electrons. The Balaban J connectivity index is 2.06. The zero-order valence-corrected chi connectivity index (χ0v) is 13.3. The molecule has 1 fully saturated rings. The molecule has 21 heavy (non-hydrogen) atoms. The molecule has 1 aliphatic heterocycles. The maximum Gasteiger partial charge on any atom is 0.410 e. The van der Waals surface area contributed by atoms with Crippen LogP contribution in [0.1, 0.15) is 50.8 Å². The van der Waals surface area contributed by atoms with Crippen LogP contribution in [-0.2, 0) is 4.74 Å². The molecule has 1 unspecified atom stereocenters. The van der Waals surface area contributed by atoms with Crippen LogP contribution >= 0.6 is 0 Å². The zero-order chi connectivity index (χ0) is 15.6. The predicted molar refractivity (Wildman–Crippen MR) is 83.2 cm³/mol. The molecule has 2 heterocycles. The summed E-state index contributed by atoms with van der Waals surface area (Å²) in [5.41, 5.74) is 8.11. The largest absolute Gasteiger partial charge is 0.444 e. The average Bonchev–Trinajstić information content (AvgIpc) is 2.40.